The molecule has 0 spiro atoms. The lowest BCUT2D eigenvalue weighted by Gasteiger charge is -2.24. The zero-order valence-corrected chi connectivity index (χ0v) is 22.6. The molecule has 2 amide bonds. The zero-order valence-electron chi connectivity index (χ0n) is 22.6. The fourth-order valence-corrected chi connectivity index (χ4v) is 3.45. The molecule has 1 heterocycles. The van der Waals surface area contributed by atoms with E-state index in [4.69, 9.17) is 9.47 Å². The molecular formula is C28H39N3O6. The number of benzene rings is 1. The second-order valence-corrected chi connectivity index (χ2v) is 10.8. The minimum Gasteiger partial charge on any atom is -0.458 e. The van der Waals surface area contributed by atoms with Crippen LogP contribution in [0.1, 0.15) is 76.7 Å². The highest BCUT2D eigenvalue weighted by Gasteiger charge is 2.27. The van der Waals surface area contributed by atoms with Crippen molar-refractivity contribution in [3.05, 3.63) is 70.1 Å². The van der Waals surface area contributed by atoms with Gasteiger partial charge in [-0.05, 0) is 78.5 Å². The van der Waals surface area contributed by atoms with Crippen LogP contribution in [-0.4, -0.2) is 46.3 Å². The predicted molar refractivity (Wildman–Crippen MR) is 141 cm³/mol. The highest BCUT2D eigenvalue weighted by atomic mass is 16.6. The van der Waals surface area contributed by atoms with Gasteiger partial charge in [0, 0.05) is 12.7 Å². The highest BCUT2D eigenvalue weighted by Crippen LogP contribution is 2.12. The second-order valence-electron chi connectivity index (χ2n) is 10.8. The van der Waals surface area contributed by atoms with Gasteiger partial charge in [0.1, 0.15) is 22.8 Å². The molecule has 0 fully saturated rings. The number of nitrogens with one attached hydrogen (secondary N) is 2. The minimum atomic E-state index is -0.949. The lowest BCUT2D eigenvalue weighted by Crippen LogP contribution is -2.45. The van der Waals surface area contributed by atoms with Gasteiger partial charge in [0.15, 0.2) is 0 Å². The Kier molecular flexibility index (Phi) is 10.5. The van der Waals surface area contributed by atoms with Crippen LogP contribution >= 0.6 is 0 Å². The van der Waals surface area contributed by atoms with E-state index >= 15 is 0 Å². The van der Waals surface area contributed by atoms with E-state index in [9.17, 15) is 19.2 Å². The van der Waals surface area contributed by atoms with Crippen molar-refractivity contribution in [3.8, 4) is 0 Å². The third kappa shape index (κ3) is 10.9. The number of hydrogen-bond acceptors (Lipinski definition) is 6. The van der Waals surface area contributed by atoms with Crippen LogP contribution in [0, 0.1) is 0 Å². The summed E-state index contributed by atoms with van der Waals surface area (Å²) in [5.74, 6) is -1.23. The Labute approximate surface area is 218 Å². The van der Waals surface area contributed by atoms with Crippen molar-refractivity contribution in [2.24, 2.45) is 0 Å². The molecule has 0 saturated heterocycles. The van der Waals surface area contributed by atoms with E-state index in [0.29, 0.717) is 25.9 Å². The van der Waals surface area contributed by atoms with Crippen LogP contribution in [0.5, 0.6) is 0 Å². The van der Waals surface area contributed by atoms with Crippen molar-refractivity contribution in [2.45, 2.75) is 84.6 Å². The number of alkyl carbamates (subject to hydrolysis) is 1. The van der Waals surface area contributed by atoms with Gasteiger partial charge in [0.25, 0.3) is 11.5 Å². The number of aromatic nitrogens is 1. The summed E-state index contributed by atoms with van der Waals surface area (Å²) in [6.45, 7) is 11.3. The number of amides is 2. The van der Waals surface area contributed by atoms with Gasteiger partial charge in [0.05, 0.1) is 6.54 Å². The average Bonchev–Trinajstić information content (AvgIpc) is 2.77. The molecule has 0 saturated carbocycles. The predicted octanol–water partition coefficient (Wildman–Crippen LogP) is 4.03. The molecule has 2 aromatic rings. The maximum Gasteiger partial charge on any atom is 0.407 e. The van der Waals surface area contributed by atoms with Crippen LogP contribution in [-0.2, 0) is 20.8 Å². The summed E-state index contributed by atoms with van der Waals surface area (Å²) in [7, 11) is 0. The molecule has 202 valence electrons. The first kappa shape index (κ1) is 29.6. The number of pyridine rings is 1. The lowest BCUT2D eigenvalue weighted by molar-refractivity contribution is -0.157. The van der Waals surface area contributed by atoms with Gasteiger partial charge < -0.3 is 24.7 Å². The number of ether oxygens (including phenoxy) is 2. The summed E-state index contributed by atoms with van der Waals surface area (Å²) in [5.41, 5.74) is -0.915. The largest absolute Gasteiger partial charge is 0.458 e. The van der Waals surface area contributed by atoms with Gasteiger partial charge in [-0.2, -0.15) is 0 Å². The topological polar surface area (TPSA) is 116 Å². The standard InChI is InChI=1S/C28H39N3O6/c1-27(2,3)36-25(34)22(16-10-11-17-29-26(35)37-28(4,5)6)30-23(32)21-15-12-18-31(24(21)33)19-20-13-8-7-9-14-20/h7-9,12-15,18,22H,10-11,16-17,19H2,1-6H3,(H,29,35)(H,30,32)/t22-/m0/s1. The van der Waals surface area contributed by atoms with Gasteiger partial charge in [-0.15, -0.1) is 0 Å². The van der Waals surface area contributed by atoms with Gasteiger partial charge in [0.2, 0.25) is 0 Å². The Hall–Kier alpha value is -3.62. The van der Waals surface area contributed by atoms with Crippen LogP contribution in [0.2, 0.25) is 0 Å². The summed E-state index contributed by atoms with van der Waals surface area (Å²) < 4.78 is 12.2. The zero-order chi connectivity index (χ0) is 27.6. The summed E-state index contributed by atoms with van der Waals surface area (Å²) >= 11 is 0. The van der Waals surface area contributed by atoms with E-state index in [1.807, 2.05) is 30.3 Å². The van der Waals surface area contributed by atoms with Crippen molar-refractivity contribution in [3.63, 3.8) is 0 Å². The monoisotopic (exact) mass is 513 g/mol. The van der Waals surface area contributed by atoms with Crippen LogP contribution in [0.3, 0.4) is 0 Å². The molecule has 1 aromatic carbocycles. The van der Waals surface area contributed by atoms with Crippen molar-refractivity contribution < 1.29 is 23.9 Å². The first-order chi connectivity index (χ1) is 17.2. The molecule has 0 aliphatic heterocycles. The number of unbranched alkanes of at least 4 members (excludes halogenated alkanes) is 1. The van der Waals surface area contributed by atoms with Gasteiger partial charge >= 0.3 is 12.1 Å². The number of nitrogens with zero attached hydrogens (tertiary/aromatic N) is 1. The Morgan fingerprint density at radius 1 is 0.892 bits per heavy atom. The molecule has 0 bridgehead atoms. The maximum absolute atomic E-state index is 13.1. The molecule has 9 nitrogen and oxygen atoms in total. The SMILES string of the molecule is CC(C)(C)OC(=O)NCCCC[C@H](NC(=O)c1cccn(Cc2ccccc2)c1=O)C(=O)OC(C)(C)C. The van der Waals surface area contributed by atoms with Crippen LogP contribution in [0.25, 0.3) is 0 Å². The Morgan fingerprint density at radius 3 is 2.16 bits per heavy atom. The van der Waals surface area contributed by atoms with E-state index in [1.165, 1.54) is 10.6 Å². The quantitative estimate of drug-likeness (QED) is 0.366. The molecule has 9 heteroatoms. The van der Waals surface area contributed by atoms with Gasteiger partial charge in [-0.25, -0.2) is 9.59 Å². The van der Waals surface area contributed by atoms with Gasteiger partial charge in [-0.1, -0.05) is 30.3 Å². The minimum absolute atomic E-state index is 0.0569. The molecule has 0 aliphatic rings. The molecule has 2 rings (SSSR count). The average molecular weight is 514 g/mol. The van der Waals surface area contributed by atoms with Crippen molar-refractivity contribution >= 4 is 18.0 Å². The Balaban J connectivity index is 2.05. The molecule has 2 N–H and O–H groups in total. The summed E-state index contributed by atoms with van der Waals surface area (Å²) in [6, 6.07) is 11.6. The van der Waals surface area contributed by atoms with Crippen LogP contribution < -0.4 is 16.2 Å². The number of hydrogen-bond donors (Lipinski definition) is 2. The fourth-order valence-electron chi connectivity index (χ4n) is 3.45. The third-order valence-corrected chi connectivity index (χ3v) is 5.04. The van der Waals surface area contributed by atoms with Gasteiger partial charge in [-0.3, -0.25) is 9.59 Å². The fraction of sp³-hybridized carbons (Fsp3) is 0.500. The van der Waals surface area contributed by atoms with Crippen LogP contribution in [0.15, 0.2) is 53.5 Å². The molecule has 0 radical (unpaired) electrons. The van der Waals surface area contributed by atoms with E-state index in [-0.39, 0.29) is 12.0 Å². The smallest absolute Gasteiger partial charge is 0.407 e. The lowest BCUT2D eigenvalue weighted by atomic mass is 10.1. The number of carbonyl (C=O) groups excluding carboxylic acids is 3. The van der Waals surface area contributed by atoms with E-state index in [2.05, 4.69) is 10.6 Å². The summed E-state index contributed by atoms with van der Waals surface area (Å²) in [4.78, 5) is 50.7. The van der Waals surface area contributed by atoms with Crippen molar-refractivity contribution in [1.82, 2.24) is 15.2 Å². The number of rotatable bonds is 10. The van der Waals surface area contributed by atoms with E-state index in [0.717, 1.165) is 5.56 Å². The van der Waals surface area contributed by atoms with Crippen molar-refractivity contribution in [1.29, 1.82) is 0 Å². The molecule has 1 atom stereocenters. The van der Waals surface area contributed by atoms with E-state index in [1.54, 1.807) is 53.8 Å². The summed E-state index contributed by atoms with van der Waals surface area (Å²) in [6.07, 6.45) is 2.47. The number of esters is 1. The Bertz CT molecular complexity index is 1110. The van der Waals surface area contributed by atoms with Crippen molar-refractivity contribution in [2.75, 3.05) is 6.54 Å². The third-order valence-electron chi connectivity index (χ3n) is 5.04. The second kappa shape index (κ2) is 13.1. The summed E-state index contributed by atoms with van der Waals surface area (Å²) in [5, 5.41) is 5.35. The molecule has 0 unspecified atom stereocenters. The normalized spacial score (nSPS) is 12.4. The molecular weight excluding hydrogens is 474 g/mol. The molecule has 37 heavy (non-hydrogen) atoms. The number of carbonyl (C=O) groups is 3. The highest BCUT2D eigenvalue weighted by molar-refractivity contribution is 5.96. The molecule has 1 aromatic heterocycles. The van der Waals surface area contributed by atoms with Crippen LogP contribution in [0.4, 0.5) is 4.79 Å². The van der Waals surface area contributed by atoms with E-state index < -0.39 is 40.8 Å². The Morgan fingerprint density at radius 2 is 1.54 bits per heavy atom. The first-order valence-electron chi connectivity index (χ1n) is 12.5. The first-order valence-corrected chi connectivity index (χ1v) is 12.5. The molecule has 0 aliphatic carbocycles. The maximum atomic E-state index is 13.1.